The van der Waals surface area contributed by atoms with E-state index in [9.17, 15) is 9.18 Å². The maximum atomic E-state index is 13.4. The number of likely N-dealkylation sites (tertiary alicyclic amines) is 1. The van der Waals surface area contributed by atoms with Gasteiger partial charge in [0.1, 0.15) is 5.82 Å². The van der Waals surface area contributed by atoms with Gasteiger partial charge in [-0.3, -0.25) is 5.10 Å². The Morgan fingerprint density at radius 1 is 1.32 bits per heavy atom. The summed E-state index contributed by atoms with van der Waals surface area (Å²) in [5.41, 5.74) is 4.25. The number of nitrogens with zero attached hydrogens (tertiary/aromatic N) is 3. The number of aryl methyl sites for hydroxylation is 1. The fraction of sp³-hybridized carbons (Fsp3) is 0.524. The van der Waals surface area contributed by atoms with Gasteiger partial charge in [-0.2, -0.15) is 5.10 Å². The second-order valence-corrected chi connectivity index (χ2v) is 8.03. The van der Waals surface area contributed by atoms with Crippen LogP contribution in [0.25, 0.3) is 0 Å². The minimum absolute atomic E-state index is 0.00195. The van der Waals surface area contributed by atoms with Crippen LogP contribution in [0.3, 0.4) is 0 Å². The summed E-state index contributed by atoms with van der Waals surface area (Å²) in [7, 11) is 0. The Labute approximate surface area is 165 Å². The Morgan fingerprint density at radius 2 is 2.11 bits per heavy atom. The van der Waals surface area contributed by atoms with Gasteiger partial charge >= 0.3 is 6.03 Å². The van der Waals surface area contributed by atoms with Crippen molar-refractivity contribution < 1.29 is 9.18 Å². The van der Waals surface area contributed by atoms with Gasteiger partial charge in [-0.05, 0) is 62.9 Å². The number of H-pyrrole nitrogens is 1. The Kier molecular flexibility index (Phi) is 5.24. The van der Waals surface area contributed by atoms with E-state index >= 15 is 0 Å². The minimum Gasteiger partial charge on any atom is -0.368 e. The van der Waals surface area contributed by atoms with Gasteiger partial charge in [0.2, 0.25) is 0 Å². The van der Waals surface area contributed by atoms with Gasteiger partial charge in [0.05, 0.1) is 5.69 Å². The molecule has 150 valence electrons. The first-order valence-electron chi connectivity index (χ1n) is 10.1. The second-order valence-electron chi connectivity index (χ2n) is 8.03. The second kappa shape index (κ2) is 7.81. The Morgan fingerprint density at radius 3 is 2.82 bits per heavy atom. The molecule has 4 rings (SSSR count). The number of carbonyl (C=O) groups excluding carboxylic acids is 1. The van der Waals surface area contributed by atoms with Crippen LogP contribution in [0.2, 0.25) is 0 Å². The van der Waals surface area contributed by atoms with E-state index in [1.54, 1.807) is 12.1 Å². The van der Waals surface area contributed by atoms with E-state index in [-0.39, 0.29) is 17.9 Å². The predicted molar refractivity (Wildman–Crippen MR) is 107 cm³/mol. The molecule has 7 heteroatoms. The number of urea groups is 1. The molecular formula is C21H28FN5O. The molecule has 2 N–H and O–H groups in total. The molecule has 0 radical (unpaired) electrons. The van der Waals surface area contributed by atoms with Crippen LogP contribution in [-0.4, -0.2) is 52.8 Å². The average Bonchev–Trinajstić information content (AvgIpc) is 3.27. The van der Waals surface area contributed by atoms with E-state index in [0.29, 0.717) is 12.5 Å². The van der Waals surface area contributed by atoms with E-state index in [0.717, 1.165) is 61.5 Å². The number of nitrogens with one attached hydrogen (secondary N) is 2. The van der Waals surface area contributed by atoms with Crippen molar-refractivity contribution >= 4 is 11.7 Å². The van der Waals surface area contributed by atoms with Crippen LogP contribution in [0, 0.1) is 12.7 Å². The molecule has 2 aliphatic heterocycles. The summed E-state index contributed by atoms with van der Waals surface area (Å²) >= 11 is 0. The zero-order chi connectivity index (χ0) is 19.7. The molecule has 1 unspecified atom stereocenters. The summed E-state index contributed by atoms with van der Waals surface area (Å²) in [6.45, 7) is 6.42. The normalized spacial score (nSPS) is 18.2. The minimum atomic E-state index is -0.161. The number of amides is 2. The lowest BCUT2D eigenvalue weighted by Crippen LogP contribution is -2.51. The SMILES string of the molecule is Cc1cc(CC(C)NC(=O)N2CCC(N3CCc4cc(F)ccc43)CC2)n[nH]1. The van der Waals surface area contributed by atoms with Gasteiger partial charge in [0.25, 0.3) is 0 Å². The fourth-order valence-corrected chi connectivity index (χ4v) is 4.40. The van der Waals surface area contributed by atoms with Crippen LogP contribution < -0.4 is 10.2 Å². The summed E-state index contributed by atoms with van der Waals surface area (Å²) in [6, 6.07) is 7.56. The maximum Gasteiger partial charge on any atom is 0.317 e. The van der Waals surface area contributed by atoms with E-state index in [1.807, 2.05) is 30.9 Å². The first-order chi connectivity index (χ1) is 13.5. The van der Waals surface area contributed by atoms with E-state index in [4.69, 9.17) is 0 Å². The van der Waals surface area contributed by atoms with Crippen LogP contribution >= 0.6 is 0 Å². The number of halogens is 1. The molecule has 2 aliphatic rings. The van der Waals surface area contributed by atoms with E-state index < -0.39 is 0 Å². The average molecular weight is 385 g/mol. The van der Waals surface area contributed by atoms with Crippen molar-refractivity contribution in [3.05, 3.63) is 47.0 Å². The number of anilines is 1. The third-order valence-corrected chi connectivity index (χ3v) is 5.81. The molecule has 0 bridgehead atoms. The first kappa shape index (κ1) is 18.8. The van der Waals surface area contributed by atoms with Gasteiger partial charge in [0, 0.05) is 49.5 Å². The molecule has 6 nitrogen and oxygen atoms in total. The van der Waals surface area contributed by atoms with Crippen molar-refractivity contribution in [3.63, 3.8) is 0 Å². The smallest absolute Gasteiger partial charge is 0.317 e. The Balaban J connectivity index is 1.28. The highest BCUT2D eigenvalue weighted by Crippen LogP contribution is 2.33. The number of hydrogen-bond donors (Lipinski definition) is 2. The number of fused-ring (bicyclic) bond motifs is 1. The number of benzene rings is 1. The van der Waals surface area contributed by atoms with Gasteiger partial charge in [-0.15, -0.1) is 0 Å². The van der Waals surface area contributed by atoms with Crippen LogP contribution in [0.15, 0.2) is 24.3 Å². The van der Waals surface area contributed by atoms with Crippen molar-refractivity contribution in [1.82, 2.24) is 20.4 Å². The fourth-order valence-electron chi connectivity index (χ4n) is 4.40. The van der Waals surface area contributed by atoms with Crippen LogP contribution in [0.1, 0.15) is 36.7 Å². The topological polar surface area (TPSA) is 64.3 Å². The summed E-state index contributed by atoms with van der Waals surface area (Å²) in [6.07, 6.45) is 3.50. The number of aromatic nitrogens is 2. The third-order valence-electron chi connectivity index (χ3n) is 5.81. The summed E-state index contributed by atoms with van der Waals surface area (Å²) in [5.74, 6) is -0.161. The number of piperidine rings is 1. The molecule has 1 aromatic carbocycles. The van der Waals surface area contributed by atoms with Crippen molar-refractivity contribution in [2.24, 2.45) is 0 Å². The molecule has 1 aromatic heterocycles. The Bertz CT molecular complexity index is 843. The van der Waals surface area contributed by atoms with Crippen molar-refractivity contribution in [1.29, 1.82) is 0 Å². The predicted octanol–water partition coefficient (Wildman–Crippen LogP) is 3.02. The van der Waals surface area contributed by atoms with Crippen LogP contribution in [0.5, 0.6) is 0 Å². The highest BCUT2D eigenvalue weighted by atomic mass is 19.1. The monoisotopic (exact) mass is 385 g/mol. The molecule has 1 saturated heterocycles. The standard InChI is InChI=1S/C21H28FN5O/c1-14(11-18-12-15(2)24-25-18)23-21(28)26-8-6-19(7-9-26)27-10-5-16-13-17(22)3-4-20(16)27/h3-4,12-14,19H,5-11H2,1-2H3,(H,23,28)(H,24,25). The molecule has 1 atom stereocenters. The van der Waals surface area contributed by atoms with E-state index in [1.165, 1.54) is 0 Å². The lowest BCUT2D eigenvalue weighted by molar-refractivity contribution is 0.177. The van der Waals surface area contributed by atoms with E-state index in [2.05, 4.69) is 20.4 Å². The lowest BCUT2D eigenvalue weighted by Gasteiger charge is -2.38. The number of aromatic amines is 1. The molecule has 0 aliphatic carbocycles. The molecular weight excluding hydrogens is 357 g/mol. The third kappa shape index (κ3) is 3.98. The van der Waals surface area contributed by atoms with Gasteiger partial charge in [0.15, 0.2) is 0 Å². The van der Waals surface area contributed by atoms with Crippen LogP contribution in [0.4, 0.5) is 14.9 Å². The van der Waals surface area contributed by atoms with Gasteiger partial charge in [-0.25, -0.2) is 9.18 Å². The molecule has 0 saturated carbocycles. The van der Waals surface area contributed by atoms with Gasteiger partial charge in [-0.1, -0.05) is 0 Å². The molecule has 3 heterocycles. The maximum absolute atomic E-state index is 13.4. The van der Waals surface area contributed by atoms with Crippen molar-refractivity contribution in [3.8, 4) is 0 Å². The zero-order valence-electron chi connectivity index (χ0n) is 16.5. The number of hydrogen-bond acceptors (Lipinski definition) is 3. The largest absolute Gasteiger partial charge is 0.368 e. The van der Waals surface area contributed by atoms with Crippen molar-refractivity contribution in [2.75, 3.05) is 24.5 Å². The highest BCUT2D eigenvalue weighted by Gasteiger charge is 2.31. The lowest BCUT2D eigenvalue weighted by atomic mass is 10.0. The molecule has 1 fully saturated rings. The number of rotatable bonds is 4. The summed E-state index contributed by atoms with van der Waals surface area (Å²) < 4.78 is 13.4. The summed E-state index contributed by atoms with van der Waals surface area (Å²) in [4.78, 5) is 16.9. The van der Waals surface area contributed by atoms with Crippen molar-refractivity contribution in [2.45, 2.75) is 51.6 Å². The number of carbonyl (C=O) groups is 1. The summed E-state index contributed by atoms with van der Waals surface area (Å²) in [5, 5.41) is 10.3. The quantitative estimate of drug-likeness (QED) is 0.850. The first-order valence-corrected chi connectivity index (χ1v) is 10.1. The van der Waals surface area contributed by atoms with Gasteiger partial charge < -0.3 is 15.1 Å². The molecule has 28 heavy (non-hydrogen) atoms. The molecule has 2 amide bonds. The highest BCUT2D eigenvalue weighted by molar-refractivity contribution is 5.74. The molecule has 0 spiro atoms. The molecule has 2 aromatic rings. The zero-order valence-corrected chi connectivity index (χ0v) is 16.5. The Hall–Kier alpha value is -2.57. The van der Waals surface area contributed by atoms with Crippen LogP contribution in [-0.2, 0) is 12.8 Å².